The van der Waals surface area contributed by atoms with Gasteiger partial charge in [0.15, 0.2) is 0 Å². The van der Waals surface area contributed by atoms with Gasteiger partial charge in [-0.2, -0.15) is 0 Å². The summed E-state index contributed by atoms with van der Waals surface area (Å²) in [5.41, 5.74) is 7.38. The lowest BCUT2D eigenvalue weighted by molar-refractivity contribution is -0.122. The molecule has 0 unspecified atom stereocenters. The molecule has 3 N–H and O–H groups in total. The number of carbonyl (C=O) groups excluding carboxylic acids is 1. The third-order valence-electron chi connectivity index (χ3n) is 8.56. The van der Waals surface area contributed by atoms with E-state index in [1.54, 1.807) is 13.3 Å². The second-order valence-electron chi connectivity index (χ2n) is 12.1. The molecule has 0 spiro atoms. The number of rotatable bonds is 5. The lowest BCUT2D eigenvalue weighted by Gasteiger charge is -2.34. The minimum Gasteiger partial charge on any atom is -0.496 e. The van der Waals surface area contributed by atoms with E-state index >= 15 is 0 Å². The highest BCUT2D eigenvalue weighted by Crippen LogP contribution is 2.28. The molecule has 10 heteroatoms. The van der Waals surface area contributed by atoms with Gasteiger partial charge in [-0.3, -0.25) is 14.6 Å². The molecule has 46 heavy (non-hydrogen) atoms. The van der Waals surface area contributed by atoms with Crippen molar-refractivity contribution in [3.63, 3.8) is 0 Å². The number of carbonyl (C=O) groups is 1. The zero-order valence-corrected chi connectivity index (χ0v) is 26.8. The fourth-order valence-corrected chi connectivity index (χ4v) is 6.10. The number of nitrogens with zero attached hydrogens (tertiary/aromatic N) is 5. The van der Waals surface area contributed by atoms with Crippen LogP contribution in [-0.4, -0.2) is 97.1 Å². The summed E-state index contributed by atoms with van der Waals surface area (Å²) in [6, 6.07) is 25.2. The van der Waals surface area contributed by atoms with Gasteiger partial charge in [0, 0.05) is 87.6 Å². The summed E-state index contributed by atoms with van der Waals surface area (Å²) in [6.07, 6.45) is 2.73. The number of benzene rings is 3. The van der Waals surface area contributed by atoms with Gasteiger partial charge in [-0.05, 0) is 67.1 Å². The maximum atomic E-state index is 12.8. The van der Waals surface area contributed by atoms with Crippen LogP contribution in [0.15, 0.2) is 79.0 Å². The van der Waals surface area contributed by atoms with Crippen LogP contribution < -0.4 is 20.7 Å². The molecule has 0 atom stereocenters. The van der Waals surface area contributed by atoms with E-state index in [1.807, 2.05) is 24.3 Å². The van der Waals surface area contributed by atoms with E-state index in [0.29, 0.717) is 25.6 Å². The second-order valence-corrected chi connectivity index (χ2v) is 12.1. The lowest BCUT2D eigenvalue weighted by atomic mass is 10.1. The molecule has 4 aromatic rings. The molecule has 3 aliphatic rings. The predicted octanol–water partition coefficient (Wildman–Crippen LogP) is 4.23. The summed E-state index contributed by atoms with van der Waals surface area (Å²) in [6.45, 7) is 7.64. The van der Waals surface area contributed by atoms with Gasteiger partial charge in [0.1, 0.15) is 5.75 Å². The highest BCUT2D eigenvalue weighted by atomic mass is 16.5. The molecule has 3 aliphatic heterocycles. The van der Waals surface area contributed by atoms with Crippen molar-refractivity contribution in [2.75, 3.05) is 77.1 Å². The Morgan fingerprint density at radius 1 is 0.891 bits per heavy atom. The average Bonchev–Trinajstić information content (AvgIpc) is 3.06. The Morgan fingerprint density at radius 2 is 1.70 bits per heavy atom. The van der Waals surface area contributed by atoms with Crippen LogP contribution in [0.4, 0.5) is 17.3 Å². The van der Waals surface area contributed by atoms with Crippen molar-refractivity contribution in [3.05, 3.63) is 95.7 Å². The zero-order chi connectivity index (χ0) is 31.7. The molecule has 10 nitrogen and oxygen atoms in total. The van der Waals surface area contributed by atoms with Gasteiger partial charge in [0.2, 0.25) is 11.9 Å². The topological polar surface area (TPSA) is 97.9 Å². The van der Waals surface area contributed by atoms with Crippen LogP contribution in [0, 0.1) is 0 Å². The van der Waals surface area contributed by atoms with E-state index < -0.39 is 0 Å². The Kier molecular flexibility index (Phi) is 10.4. The van der Waals surface area contributed by atoms with Gasteiger partial charge in [-0.25, -0.2) is 9.97 Å². The quantitative estimate of drug-likeness (QED) is 0.303. The Labute approximate surface area is 271 Å². The molecular weight excluding hydrogens is 576 g/mol. The van der Waals surface area contributed by atoms with Crippen molar-refractivity contribution in [1.82, 2.24) is 30.0 Å². The maximum Gasteiger partial charge on any atom is 0.234 e. The number of hydrogen-bond acceptors (Lipinski definition) is 9. The van der Waals surface area contributed by atoms with Crippen LogP contribution in [0.5, 0.6) is 5.75 Å². The normalized spacial score (nSPS) is 19.2. The van der Waals surface area contributed by atoms with Crippen molar-refractivity contribution in [1.29, 1.82) is 0 Å². The van der Waals surface area contributed by atoms with Crippen LogP contribution in [0.25, 0.3) is 11.3 Å². The Balaban J connectivity index is 1.28. The van der Waals surface area contributed by atoms with Crippen LogP contribution in [0.1, 0.15) is 16.7 Å². The van der Waals surface area contributed by atoms with Crippen molar-refractivity contribution in [2.24, 2.45) is 0 Å². The smallest absolute Gasteiger partial charge is 0.234 e. The molecule has 8 bridgehead atoms. The first-order valence-corrected chi connectivity index (χ1v) is 16.1. The van der Waals surface area contributed by atoms with Crippen molar-refractivity contribution in [2.45, 2.75) is 19.5 Å². The molecule has 7 rings (SSSR count). The van der Waals surface area contributed by atoms with Gasteiger partial charge >= 0.3 is 0 Å². The van der Waals surface area contributed by atoms with Gasteiger partial charge in [0.25, 0.3) is 0 Å². The number of nitrogens with one attached hydrogen (secondary N) is 3. The average molecular weight is 621 g/mol. The van der Waals surface area contributed by atoms with Gasteiger partial charge < -0.3 is 25.6 Å². The summed E-state index contributed by atoms with van der Waals surface area (Å²) < 4.78 is 5.69. The summed E-state index contributed by atoms with van der Waals surface area (Å²) in [5, 5.41) is 10.2. The molecule has 1 fully saturated rings. The summed E-state index contributed by atoms with van der Waals surface area (Å²) in [7, 11) is 3.75. The molecule has 4 heterocycles. The minimum atomic E-state index is 0.0770. The number of ether oxygens (including phenoxy) is 1. The highest BCUT2D eigenvalue weighted by Gasteiger charge is 2.20. The predicted molar refractivity (Wildman–Crippen MR) is 183 cm³/mol. The molecule has 0 radical (unpaired) electrons. The van der Waals surface area contributed by atoms with E-state index in [1.165, 1.54) is 11.1 Å². The number of likely N-dealkylation sites (N-methyl/N-ethyl adjacent to an activating group) is 1. The number of fused-ring (bicyclic) bond motifs is 8. The highest BCUT2D eigenvalue weighted by molar-refractivity contribution is 5.78. The van der Waals surface area contributed by atoms with Gasteiger partial charge in [0.05, 0.1) is 19.3 Å². The van der Waals surface area contributed by atoms with E-state index in [4.69, 9.17) is 9.72 Å². The summed E-state index contributed by atoms with van der Waals surface area (Å²) >= 11 is 0. The zero-order valence-electron chi connectivity index (χ0n) is 26.8. The Morgan fingerprint density at radius 3 is 2.50 bits per heavy atom. The molecule has 0 aliphatic carbocycles. The maximum absolute atomic E-state index is 12.8. The summed E-state index contributed by atoms with van der Waals surface area (Å²) in [5.74, 6) is 1.45. The fourth-order valence-electron chi connectivity index (χ4n) is 6.10. The van der Waals surface area contributed by atoms with Gasteiger partial charge in [-0.1, -0.05) is 30.3 Å². The standard InChI is InChI=1S/C36H44N8O2/c1-42-15-14-38-35(45)26-44-18-16-43(17-19-44)24-28-20-31(37-12-10-27-6-4-3-5-7-27)23-32(21-28)40-36-39-13-11-33(41-36)29-8-9-34(46-2)30(22-29)25-42/h3-9,11,13,20-23,37H,10,12,14-19,24-26H2,1-2H3,(H,38,45)(H,39,40,41). The van der Waals surface area contributed by atoms with E-state index in [0.717, 1.165) is 86.2 Å². The van der Waals surface area contributed by atoms with Crippen molar-refractivity contribution >= 4 is 23.2 Å². The monoisotopic (exact) mass is 620 g/mol. The number of aromatic nitrogens is 2. The molecule has 1 amide bonds. The molecular formula is C36H44N8O2. The van der Waals surface area contributed by atoms with Crippen LogP contribution in [0.3, 0.4) is 0 Å². The first-order valence-electron chi connectivity index (χ1n) is 16.1. The second kappa shape index (κ2) is 15.2. The molecule has 240 valence electrons. The third-order valence-corrected chi connectivity index (χ3v) is 8.56. The molecule has 1 aromatic heterocycles. The first-order chi connectivity index (χ1) is 22.5. The number of methoxy groups -OCH3 is 1. The molecule has 3 aromatic carbocycles. The van der Waals surface area contributed by atoms with Crippen LogP contribution >= 0.6 is 0 Å². The SMILES string of the molecule is COc1ccc2cc1CN(C)CCNC(=O)CN1CCN(CC1)Cc1cc(NCCc3ccccc3)cc(c1)Nc1nccc-2n1. The fraction of sp³-hybridized carbons (Fsp3) is 0.361. The van der Waals surface area contributed by atoms with Crippen LogP contribution in [-0.2, 0) is 24.3 Å². The molecule has 1 saturated heterocycles. The number of piperazine rings is 1. The Hall–Kier alpha value is -4.51. The number of anilines is 3. The molecule has 0 saturated carbocycles. The Bertz CT molecular complexity index is 1610. The number of hydrogen-bond donors (Lipinski definition) is 3. The largest absolute Gasteiger partial charge is 0.496 e. The summed E-state index contributed by atoms with van der Waals surface area (Å²) in [4.78, 5) is 29.1. The first kappa shape index (κ1) is 31.5. The lowest BCUT2D eigenvalue weighted by Crippen LogP contribution is -2.49. The minimum absolute atomic E-state index is 0.0770. The van der Waals surface area contributed by atoms with E-state index in [9.17, 15) is 4.79 Å². The van der Waals surface area contributed by atoms with E-state index in [2.05, 4.69) is 91.2 Å². The van der Waals surface area contributed by atoms with Crippen LogP contribution in [0.2, 0.25) is 0 Å². The van der Waals surface area contributed by atoms with Gasteiger partial charge in [-0.15, -0.1) is 0 Å². The van der Waals surface area contributed by atoms with E-state index in [-0.39, 0.29) is 5.91 Å². The number of amides is 1. The van der Waals surface area contributed by atoms with Crippen molar-refractivity contribution < 1.29 is 9.53 Å². The third kappa shape index (κ3) is 8.60. The van der Waals surface area contributed by atoms with Crippen molar-refractivity contribution in [3.8, 4) is 17.0 Å².